The van der Waals surface area contributed by atoms with Gasteiger partial charge in [-0.3, -0.25) is 0 Å². The van der Waals surface area contributed by atoms with Gasteiger partial charge in [0.15, 0.2) is 0 Å². The number of hydrogen-bond donors (Lipinski definition) is 0. The van der Waals surface area contributed by atoms with Crippen molar-refractivity contribution in [3.63, 3.8) is 0 Å². The predicted molar refractivity (Wildman–Crippen MR) is 102 cm³/mol. The van der Waals surface area contributed by atoms with Crippen LogP contribution in [0.4, 0.5) is 5.13 Å². The topological polar surface area (TPSA) is 43.7 Å². The van der Waals surface area contributed by atoms with Crippen molar-refractivity contribution < 1.29 is 9.47 Å². The number of aromatic nitrogens is 1. The third kappa shape index (κ3) is 3.15. The molecule has 0 saturated carbocycles. The summed E-state index contributed by atoms with van der Waals surface area (Å²) in [5, 5.41) is 0.796. The summed E-state index contributed by atoms with van der Waals surface area (Å²) in [6.07, 6.45) is 3.87. The van der Waals surface area contributed by atoms with Gasteiger partial charge < -0.3 is 9.47 Å². The van der Waals surface area contributed by atoms with E-state index in [1.54, 1.807) is 25.6 Å². The second kappa shape index (κ2) is 6.69. The Hall–Kier alpha value is -2.66. The Labute approximate surface area is 150 Å². The minimum atomic E-state index is 0.796. The zero-order valence-corrected chi connectivity index (χ0v) is 15.0. The van der Waals surface area contributed by atoms with Gasteiger partial charge in [-0.2, -0.15) is 0 Å². The van der Waals surface area contributed by atoms with Crippen molar-refractivity contribution in [2.24, 2.45) is 4.99 Å². The van der Waals surface area contributed by atoms with Crippen molar-refractivity contribution in [3.05, 3.63) is 58.5 Å². The summed E-state index contributed by atoms with van der Waals surface area (Å²) in [4.78, 5) is 10.6. The van der Waals surface area contributed by atoms with Gasteiger partial charge in [-0.25, -0.2) is 9.98 Å². The molecule has 0 radical (unpaired) electrons. The van der Waals surface area contributed by atoms with E-state index < -0.39 is 0 Å². The van der Waals surface area contributed by atoms with Crippen LogP contribution in [0.3, 0.4) is 0 Å². The van der Waals surface area contributed by atoms with Crippen molar-refractivity contribution in [1.29, 1.82) is 0 Å². The van der Waals surface area contributed by atoms with Gasteiger partial charge in [0.1, 0.15) is 11.5 Å². The molecule has 5 heteroatoms. The highest BCUT2D eigenvalue weighted by atomic mass is 32.1. The molecule has 0 spiro atoms. The van der Waals surface area contributed by atoms with Crippen molar-refractivity contribution >= 4 is 22.7 Å². The SMILES string of the molecule is COc1ccc(C=Nc2nc3c(s2)CCc2cc(OC)ccc2-3)cc1. The van der Waals surface area contributed by atoms with E-state index in [1.165, 1.54) is 16.0 Å². The van der Waals surface area contributed by atoms with Gasteiger partial charge in [0.25, 0.3) is 0 Å². The molecule has 1 heterocycles. The molecule has 2 aromatic carbocycles. The highest BCUT2D eigenvalue weighted by molar-refractivity contribution is 7.15. The van der Waals surface area contributed by atoms with E-state index in [0.717, 1.165) is 40.7 Å². The number of methoxy groups -OCH3 is 2. The molecule has 0 aliphatic heterocycles. The first-order chi connectivity index (χ1) is 12.3. The van der Waals surface area contributed by atoms with Crippen molar-refractivity contribution in [2.75, 3.05) is 14.2 Å². The fourth-order valence-electron chi connectivity index (χ4n) is 2.98. The van der Waals surface area contributed by atoms with Crippen LogP contribution in [0, 0.1) is 0 Å². The number of thiazole rings is 1. The normalized spacial score (nSPS) is 12.7. The van der Waals surface area contributed by atoms with Gasteiger partial charge >= 0.3 is 0 Å². The maximum atomic E-state index is 5.33. The van der Waals surface area contributed by atoms with Crippen LogP contribution < -0.4 is 9.47 Å². The maximum absolute atomic E-state index is 5.33. The standard InChI is InChI=1S/C20H18N2O2S/c1-23-15-6-3-13(4-7-15)12-21-20-22-19-17-9-8-16(24-2)11-14(17)5-10-18(19)25-20/h3-4,6-9,11-12H,5,10H2,1-2H3. The Kier molecular flexibility index (Phi) is 4.24. The molecule has 1 aliphatic carbocycles. The monoisotopic (exact) mass is 350 g/mol. The molecule has 0 bridgehead atoms. The van der Waals surface area contributed by atoms with E-state index in [0.29, 0.717) is 0 Å². The lowest BCUT2D eigenvalue weighted by molar-refractivity contribution is 0.414. The average molecular weight is 350 g/mol. The van der Waals surface area contributed by atoms with Crippen LogP contribution in [0.15, 0.2) is 47.5 Å². The van der Waals surface area contributed by atoms with Crippen LogP contribution in [0.2, 0.25) is 0 Å². The lowest BCUT2D eigenvalue weighted by Crippen LogP contribution is -2.02. The Balaban J connectivity index is 1.61. The number of benzene rings is 2. The molecule has 1 aliphatic rings. The lowest BCUT2D eigenvalue weighted by atomic mass is 9.93. The third-order valence-electron chi connectivity index (χ3n) is 4.31. The van der Waals surface area contributed by atoms with Gasteiger partial charge in [0, 0.05) is 16.7 Å². The highest BCUT2D eigenvalue weighted by Gasteiger charge is 2.21. The van der Waals surface area contributed by atoms with Gasteiger partial charge in [-0.05, 0) is 66.4 Å². The van der Waals surface area contributed by atoms with Crippen LogP contribution >= 0.6 is 11.3 Å². The molecule has 0 saturated heterocycles. The Bertz CT molecular complexity index is 929. The smallest absolute Gasteiger partial charge is 0.209 e. The number of fused-ring (bicyclic) bond motifs is 3. The average Bonchev–Trinajstić information content (AvgIpc) is 3.09. The molecule has 1 aromatic heterocycles. The van der Waals surface area contributed by atoms with E-state index in [4.69, 9.17) is 14.5 Å². The van der Waals surface area contributed by atoms with Gasteiger partial charge in [0.05, 0.1) is 19.9 Å². The maximum Gasteiger partial charge on any atom is 0.209 e. The van der Waals surface area contributed by atoms with Gasteiger partial charge in [-0.1, -0.05) is 11.3 Å². The zero-order chi connectivity index (χ0) is 17.2. The first-order valence-corrected chi connectivity index (χ1v) is 8.93. The molecule has 0 N–H and O–H groups in total. The van der Waals surface area contributed by atoms with Crippen LogP contribution in [-0.2, 0) is 12.8 Å². The van der Waals surface area contributed by atoms with E-state index in [2.05, 4.69) is 17.1 Å². The molecule has 25 heavy (non-hydrogen) atoms. The largest absolute Gasteiger partial charge is 0.497 e. The van der Waals surface area contributed by atoms with Gasteiger partial charge in [0.2, 0.25) is 5.13 Å². The molecule has 3 aromatic rings. The van der Waals surface area contributed by atoms with Crippen LogP contribution in [-0.4, -0.2) is 25.4 Å². The summed E-state index contributed by atoms with van der Waals surface area (Å²) in [5.41, 5.74) is 4.59. The Morgan fingerprint density at radius 2 is 1.76 bits per heavy atom. The number of nitrogens with zero attached hydrogens (tertiary/aromatic N) is 2. The minimum absolute atomic E-state index is 0.796. The van der Waals surface area contributed by atoms with E-state index >= 15 is 0 Å². The molecule has 126 valence electrons. The highest BCUT2D eigenvalue weighted by Crippen LogP contribution is 2.40. The van der Waals surface area contributed by atoms with Crippen molar-refractivity contribution in [2.45, 2.75) is 12.8 Å². The summed E-state index contributed by atoms with van der Waals surface area (Å²) in [7, 11) is 3.36. The fraction of sp³-hybridized carbons (Fsp3) is 0.200. The Morgan fingerprint density at radius 1 is 1.00 bits per heavy atom. The minimum Gasteiger partial charge on any atom is -0.497 e. The summed E-state index contributed by atoms with van der Waals surface area (Å²) >= 11 is 1.67. The summed E-state index contributed by atoms with van der Waals surface area (Å²) in [5.74, 6) is 1.74. The number of aryl methyl sites for hydroxylation is 2. The third-order valence-corrected chi connectivity index (χ3v) is 5.34. The summed E-state index contributed by atoms with van der Waals surface area (Å²) < 4.78 is 10.5. The van der Waals surface area contributed by atoms with Gasteiger partial charge in [-0.15, -0.1) is 0 Å². The second-order valence-electron chi connectivity index (χ2n) is 5.82. The second-order valence-corrected chi connectivity index (χ2v) is 6.88. The first-order valence-electron chi connectivity index (χ1n) is 8.12. The number of hydrogen-bond acceptors (Lipinski definition) is 5. The molecule has 4 rings (SSSR count). The first kappa shape index (κ1) is 15.8. The van der Waals surface area contributed by atoms with Crippen LogP contribution in [0.25, 0.3) is 11.3 Å². The van der Waals surface area contributed by atoms with Crippen molar-refractivity contribution in [1.82, 2.24) is 4.98 Å². The quantitative estimate of drug-likeness (QED) is 0.642. The number of ether oxygens (including phenoxy) is 2. The van der Waals surface area contributed by atoms with E-state index in [1.807, 2.05) is 36.5 Å². The molecule has 0 atom stereocenters. The molecule has 0 amide bonds. The molecular formula is C20H18N2O2S. The predicted octanol–water partition coefficient (Wildman–Crippen LogP) is 4.68. The summed E-state index contributed by atoms with van der Waals surface area (Å²) in [6, 6.07) is 14.0. The zero-order valence-electron chi connectivity index (χ0n) is 14.2. The summed E-state index contributed by atoms with van der Waals surface area (Å²) in [6.45, 7) is 0. The molecular weight excluding hydrogens is 332 g/mol. The number of rotatable bonds is 4. The lowest BCUT2D eigenvalue weighted by Gasteiger charge is -2.15. The molecule has 0 fully saturated rings. The van der Waals surface area contributed by atoms with E-state index in [-0.39, 0.29) is 0 Å². The van der Waals surface area contributed by atoms with E-state index in [9.17, 15) is 0 Å². The van der Waals surface area contributed by atoms with Crippen LogP contribution in [0.5, 0.6) is 11.5 Å². The molecule has 4 nitrogen and oxygen atoms in total. The Morgan fingerprint density at radius 3 is 2.52 bits per heavy atom. The van der Waals surface area contributed by atoms with Crippen LogP contribution in [0.1, 0.15) is 16.0 Å². The molecule has 0 unspecified atom stereocenters. The number of aliphatic imine (C=N–C) groups is 1. The van der Waals surface area contributed by atoms with Crippen molar-refractivity contribution in [3.8, 4) is 22.8 Å². The fourth-order valence-corrected chi connectivity index (χ4v) is 3.90.